The van der Waals surface area contributed by atoms with Crippen molar-refractivity contribution >= 4 is 50.3 Å². The SMILES string of the molecule is COc1cnc(O[C@@H]2C[C@H]3C(=O)N[C@]4(C(=O)NS(=O)(=O)C5(C)CC5)CC4/C=C\CC[C@H](C)C[C@@H](C)[C@H](NC(=O)OC(C)(C)C)C(=O)N3C2)c2ccc(N(C)C)cc12. The quantitative estimate of drug-likeness (QED) is 0.321. The number of fused-ring (bicyclic) bond motifs is 3. The summed E-state index contributed by atoms with van der Waals surface area (Å²) in [6.45, 7) is 10.7. The van der Waals surface area contributed by atoms with E-state index < -0.39 is 73.8 Å². The highest BCUT2D eigenvalue weighted by atomic mass is 32.2. The molecule has 0 spiro atoms. The second kappa shape index (κ2) is 15.6. The van der Waals surface area contributed by atoms with Crippen molar-refractivity contribution < 1.29 is 41.8 Å². The molecule has 2 aliphatic carbocycles. The van der Waals surface area contributed by atoms with Gasteiger partial charge in [0.25, 0.3) is 5.91 Å². The van der Waals surface area contributed by atoms with Gasteiger partial charge in [0, 0.05) is 42.9 Å². The van der Waals surface area contributed by atoms with Crippen LogP contribution in [0.25, 0.3) is 10.8 Å². The lowest BCUT2D eigenvalue weighted by molar-refractivity contribution is -0.142. The summed E-state index contributed by atoms with van der Waals surface area (Å²) in [5.74, 6) is -1.77. The third-order valence-electron chi connectivity index (χ3n) is 11.7. The first-order valence-electron chi connectivity index (χ1n) is 19.8. The molecule has 16 heteroatoms. The minimum absolute atomic E-state index is 0.0288. The number of pyridine rings is 1. The second-order valence-corrected chi connectivity index (χ2v) is 20.0. The lowest BCUT2D eigenvalue weighted by atomic mass is 9.88. The number of alkyl carbamates (subject to hydrolysis) is 1. The van der Waals surface area contributed by atoms with E-state index in [1.54, 1.807) is 41.0 Å². The number of hydrogen-bond acceptors (Lipinski definition) is 11. The van der Waals surface area contributed by atoms with E-state index in [2.05, 4.69) is 27.3 Å². The number of anilines is 1. The number of nitrogens with one attached hydrogen (secondary N) is 3. The van der Waals surface area contributed by atoms with Crippen LogP contribution >= 0.6 is 0 Å². The van der Waals surface area contributed by atoms with Crippen molar-refractivity contribution in [3.05, 3.63) is 36.5 Å². The van der Waals surface area contributed by atoms with E-state index in [4.69, 9.17) is 14.2 Å². The predicted octanol–water partition coefficient (Wildman–Crippen LogP) is 4.44. The van der Waals surface area contributed by atoms with Gasteiger partial charge in [-0.05, 0) is 96.3 Å². The third-order valence-corrected chi connectivity index (χ3v) is 13.9. The van der Waals surface area contributed by atoms with Gasteiger partial charge in [-0.25, -0.2) is 18.2 Å². The number of carbonyl (C=O) groups excluding carboxylic acids is 4. The number of amides is 4. The topological polar surface area (TPSA) is 186 Å². The van der Waals surface area contributed by atoms with E-state index in [9.17, 15) is 27.6 Å². The fraction of sp³-hybridized carbons (Fsp3) is 0.634. The molecule has 2 aromatic rings. The van der Waals surface area contributed by atoms with Crippen LogP contribution in [0.2, 0.25) is 0 Å². The van der Waals surface area contributed by atoms with Crippen molar-refractivity contribution in [1.29, 1.82) is 0 Å². The Bertz CT molecular complexity index is 2040. The smallest absolute Gasteiger partial charge is 0.408 e. The standard InChI is InChI=1S/C41H58N6O9S/c1-24-12-10-11-13-26-21-41(26,37(50)45-57(52,53)40(6)16-17-40)44-34(48)31-20-28(23-47(31)36(49)33(25(2)18-24)43-38(51)56-39(3,4)5)55-35-29-15-14-27(46(7)8)19-30(29)32(54-9)22-42-35/h11,13-15,19,22,24-26,28,31,33H,10,12,16-18,20-21,23H2,1-9H3,(H,43,51)(H,44,48)(H,45,50)/b13-11-/t24-,25+,26?,28+,31-,33-,41+/m0/s1. The monoisotopic (exact) mass is 810 g/mol. The van der Waals surface area contributed by atoms with Crippen LogP contribution < -0.4 is 29.7 Å². The molecule has 0 bridgehead atoms. The molecule has 2 saturated carbocycles. The molecule has 1 unspecified atom stereocenters. The van der Waals surface area contributed by atoms with Gasteiger partial charge in [0.2, 0.25) is 27.7 Å². The predicted molar refractivity (Wildman–Crippen MR) is 215 cm³/mol. The van der Waals surface area contributed by atoms with Gasteiger partial charge in [0.15, 0.2) is 0 Å². The molecule has 3 N–H and O–H groups in total. The number of carbonyl (C=O) groups is 4. The Hall–Kier alpha value is -4.60. The van der Waals surface area contributed by atoms with Gasteiger partial charge >= 0.3 is 6.09 Å². The molecule has 0 radical (unpaired) electrons. The summed E-state index contributed by atoms with van der Waals surface area (Å²) < 4.78 is 45.4. The fourth-order valence-electron chi connectivity index (χ4n) is 7.90. The number of sulfonamides is 1. The van der Waals surface area contributed by atoms with Crippen LogP contribution in [0.1, 0.15) is 86.5 Å². The molecule has 1 aromatic heterocycles. The highest BCUT2D eigenvalue weighted by Crippen LogP contribution is 2.48. The second-order valence-electron chi connectivity index (χ2n) is 17.8. The first kappa shape index (κ1) is 42.0. The summed E-state index contributed by atoms with van der Waals surface area (Å²) in [7, 11) is 1.42. The average Bonchev–Trinajstić information content (AvgIpc) is 4.01. The molecule has 1 saturated heterocycles. The molecule has 57 heavy (non-hydrogen) atoms. The Morgan fingerprint density at radius 2 is 1.81 bits per heavy atom. The maximum atomic E-state index is 14.8. The van der Waals surface area contributed by atoms with E-state index >= 15 is 0 Å². The number of nitrogens with zero attached hydrogens (tertiary/aromatic N) is 3. The number of ether oxygens (including phenoxy) is 3. The van der Waals surface area contributed by atoms with Gasteiger partial charge in [-0.3, -0.25) is 19.1 Å². The first-order chi connectivity index (χ1) is 26.7. The summed E-state index contributed by atoms with van der Waals surface area (Å²) in [5.41, 5.74) is -1.43. The lowest BCUT2D eigenvalue weighted by Crippen LogP contribution is -2.59. The third kappa shape index (κ3) is 8.95. The van der Waals surface area contributed by atoms with E-state index in [0.29, 0.717) is 36.8 Å². The average molecular weight is 811 g/mol. The van der Waals surface area contributed by atoms with Crippen LogP contribution in [0, 0.1) is 17.8 Å². The molecule has 4 amide bonds. The molecule has 7 atom stereocenters. The van der Waals surface area contributed by atoms with Crippen molar-refractivity contribution in [2.45, 2.75) is 121 Å². The van der Waals surface area contributed by atoms with Crippen molar-refractivity contribution in [3.8, 4) is 11.6 Å². The van der Waals surface area contributed by atoms with Gasteiger partial charge in [0.05, 0.1) is 24.6 Å². The lowest BCUT2D eigenvalue weighted by Gasteiger charge is -2.33. The minimum Gasteiger partial charge on any atom is -0.494 e. The molecule has 6 rings (SSSR count). The summed E-state index contributed by atoms with van der Waals surface area (Å²) >= 11 is 0. The van der Waals surface area contributed by atoms with E-state index in [1.165, 1.54) is 4.90 Å². The Morgan fingerprint density at radius 3 is 2.46 bits per heavy atom. The largest absolute Gasteiger partial charge is 0.494 e. The van der Waals surface area contributed by atoms with Crippen LogP contribution in [-0.4, -0.2) is 104 Å². The van der Waals surface area contributed by atoms with Crippen molar-refractivity contribution in [2.24, 2.45) is 17.8 Å². The van der Waals surface area contributed by atoms with Crippen LogP contribution in [0.15, 0.2) is 36.5 Å². The van der Waals surface area contributed by atoms with Crippen molar-refractivity contribution in [3.63, 3.8) is 0 Å². The Balaban J connectivity index is 1.36. The molecule has 1 aromatic carbocycles. The normalized spacial score (nSPS) is 29.4. The zero-order valence-electron chi connectivity index (χ0n) is 34.5. The highest BCUT2D eigenvalue weighted by Gasteiger charge is 2.63. The van der Waals surface area contributed by atoms with Crippen LogP contribution in [-0.2, 0) is 29.1 Å². The number of allylic oxidation sites excluding steroid dienone is 1. The van der Waals surface area contributed by atoms with E-state index in [0.717, 1.165) is 17.5 Å². The van der Waals surface area contributed by atoms with E-state index in [-0.39, 0.29) is 37.1 Å². The molecule has 312 valence electrons. The molecule has 4 aliphatic rings. The first-order valence-corrected chi connectivity index (χ1v) is 21.3. The summed E-state index contributed by atoms with van der Waals surface area (Å²) in [6, 6.07) is 3.57. The minimum atomic E-state index is -4.01. The molecule has 15 nitrogen and oxygen atoms in total. The van der Waals surface area contributed by atoms with Crippen molar-refractivity contribution in [1.82, 2.24) is 25.2 Å². The molecular formula is C41H58N6O9S. The number of hydrogen-bond donors (Lipinski definition) is 3. The summed E-state index contributed by atoms with van der Waals surface area (Å²) in [4.78, 5) is 64.6. The Morgan fingerprint density at radius 1 is 1.09 bits per heavy atom. The van der Waals surface area contributed by atoms with Crippen LogP contribution in [0.3, 0.4) is 0 Å². The highest BCUT2D eigenvalue weighted by molar-refractivity contribution is 7.91. The summed E-state index contributed by atoms with van der Waals surface area (Å²) in [5, 5.41) is 7.16. The van der Waals surface area contributed by atoms with Gasteiger partial charge in [-0.1, -0.05) is 26.0 Å². The number of rotatable bonds is 8. The molecule has 2 aliphatic heterocycles. The summed E-state index contributed by atoms with van der Waals surface area (Å²) in [6.07, 6.45) is 7.02. The Kier molecular flexibility index (Phi) is 11.5. The molecule has 3 fully saturated rings. The van der Waals surface area contributed by atoms with Crippen molar-refractivity contribution in [2.75, 3.05) is 32.6 Å². The van der Waals surface area contributed by atoms with Crippen LogP contribution in [0.4, 0.5) is 10.5 Å². The van der Waals surface area contributed by atoms with Crippen LogP contribution in [0.5, 0.6) is 11.6 Å². The molecule has 3 heterocycles. The number of methoxy groups -OCH3 is 1. The fourth-order valence-corrected chi connectivity index (χ4v) is 9.22. The van der Waals surface area contributed by atoms with Gasteiger partial charge in [-0.2, -0.15) is 0 Å². The molecular weight excluding hydrogens is 753 g/mol. The zero-order chi connectivity index (χ0) is 41.7. The van der Waals surface area contributed by atoms with E-state index in [1.807, 2.05) is 56.3 Å². The number of benzene rings is 1. The zero-order valence-corrected chi connectivity index (χ0v) is 35.3. The maximum absolute atomic E-state index is 14.8. The Labute approximate surface area is 335 Å². The maximum Gasteiger partial charge on any atom is 0.408 e. The van der Waals surface area contributed by atoms with Gasteiger partial charge in [-0.15, -0.1) is 0 Å². The van der Waals surface area contributed by atoms with Gasteiger partial charge in [0.1, 0.15) is 35.1 Å². The van der Waals surface area contributed by atoms with Gasteiger partial charge < -0.3 is 34.6 Å². The number of aromatic nitrogens is 1.